The first kappa shape index (κ1) is 15.9. The normalized spacial score (nSPS) is 11.3. The van der Waals surface area contributed by atoms with Crippen LogP contribution in [0.1, 0.15) is 25.6 Å². The van der Waals surface area contributed by atoms with Crippen molar-refractivity contribution in [3.05, 3.63) is 30.1 Å². The van der Waals surface area contributed by atoms with Crippen molar-refractivity contribution in [1.29, 1.82) is 0 Å². The van der Waals surface area contributed by atoms with Gasteiger partial charge in [-0.05, 0) is 12.1 Å². The number of rotatable bonds is 5. The first-order valence-electron chi connectivity index (χ1n) is 7.22. The molecule has 120 valence electrons. The van der Waals surface area contributed by atoms with E-state index >= 15 is 0 Å². The Kier molecular flexibility index (Phi) is 4.63. The number of thioether (sulfide) groups is 1. The molecular formula is C15H17N5OS2. The molecule has 0 atom stereocenters. The van der Waals surface area contributed by atoms with E-state index in [1.54, 1.807) is 0 Å². The SMILES string of the molecule is CC(C)c1nnc(SCC(=O)Nc2nc3ccccc3s2)n1C. The second-order valence-corrected chi connectivity index (χ2v) is 7.35. The summed E-state index contributed by atoms with van der Waals surface area (Å²) in [6.45, 7) is 4.14. The highest BCUT2D eigenvalue weighted by atomic mass is 32.2. The van der Waals surface area contributed by atoms with Crippen LogP contribution in [0.5, 0.6) is 0 Å². The van der Waals surface area contributed by atoms with Crippen LogP contribution in [0, 0.1) is 0 Å². The zero-order valence-electron chi connectivity index (χ0n) is 13.1. The number of nitrogens with one attached hydrogen (secondary N) is 1. The van der Waals surface area contributed by atoms with E-state index in [1.165, 1.54) is 23.1 Å². The number of carbonyl (C=O) groups is 1. The van der Waals surface area contributed by atoms with Gasteiger partial charge in [-0.2, -0.15) is 0 Å². The number of aromatic nitrogens is 4. The van der Waals surface area contributed by atoms with Crippen LogP contribution in [-0.2, 0) is 11.8 Å². The van der Waals surface area contributed by atoms with Crippen molar-refractivity contribution in [2.45, 2.75) is 24.9 Å². The second kappa shape index (κ2) is 6.67. The number of nitrogens with zero attached hydrogens (tertiary/aromatic N) is 4. The largest absolute Gasteiger partial charge is 0.309 e. The fourth-order valence-corrected chi connectivity index (χ4v) is 3.77. The van der Waals surface area contributed by atoms with Crippen molar-refractivity contribution in [1.82, 2.24) is 19.7 Å². The van der Waals surface area contributed by atoms with E-state index in [0.29, 0.717) is 11.0 Å². The van der Waals surface area contributed by atoms with Crippen molar-refractivity contribution in [3.8, 4) is 0 Å². The lowest BCUT2D eigenvalue weighted by atomic mass is 10.2. The average molecular weight is 347 g/mol. The van der Waals surface area contributed by atoms with Crippen LogP contribution >= 0.6 is 23.1 Å². The molecule has 0 unspecified atom stereocenters. The molecule has 2 aromatic heterocycles. The van der Waals surface area contributed by atoms with E-state index in [0.717, 1.165) is 21.2 Å². The van der Waals surface area contributed by atoms with Crippen LogP contribution in [-0.4, -0.2) is 31.4 Å². The van der Waals surface area contributed by atoms with Gasteiger partial charge in [-0.25, -0.2) is 4.98 Å². The molecule has 0 saturated heterocycles. The maximum Gasteiger partial charge on any atom is 0.236 e. The summed E-state index contributed by atoms with van der Waals surface area (Å²) in [5.74, 6) is 1.40. The highest BCUT2D eigenvalue weighted by molar-refractivity contribution is 7.99. The molecule has 1 aromatic carbocycles. The van der Waals surface area contributed by atoms with Gasteiger partial charge in [-0.1, -0.05) is 49.1 Å². The van der Waals surface area contributed by atoms with Gasteiger partial charge >= 0.3 is 0 Å². The molecule has 0 bridgehead atoms. The Morgan fingerprint density at radius 2 is 2.13 bits per heavy atom. The molecule has 0 radical (unpaired) electrons. The van der Waals surface area contributed by atoms with Gasteiger partial charge in [0.15, 0.2) is 10.3 Å². The van der Waals surface area contributed by atoms with Crippen molar-refractivity contribution in [2.75, 3.05) is 11.1 Å². The second-order valence-electron chi connectivity index (χ2n) is 5.38. The fourth-order valence-electron chi connectivity index (χ4n) is 2.17. The molecular weight excluding hydrogens is 330 g/mol. The minimum Gasteiger partial charge on any atom is -0.309 e. The van der Waals surface area contributed by atoms with Gasteiger partial charge in [0.25, 0.3) is 0 Å². The maximum absolute atomic E-state index is 12.1. The van der Waals surface area contributed by atoms with Crippen LogP contribution in [0.2, 0.25) is 0 Å². The molecule has 0 aliphatic carbocycles. The quantitative estimate of drug-likeness (QED) is 0.717. The fraction of sp³-hybridized carbons (Fsp3) is 0.333. The summed E-state index contributed by atoms with van der Waals surface area (Å²) in [5, 5.41) is 12.5. The third kappa shape index (κ3) is 3.53. The summed E-state index contributed by atoms with van der Waals surface area (Å²) in [5.41, 5.74) is 0.898. The van der Waals surface area contributed by atoms with E-state index in [2.05, 4.69) is 34.3 Å². The Labute approximate surface area is 142 Å². The minimum atomic E-state index is -0.0943. The minimum absolute atomic E-state index is 0.0943. The third-order valence-electron chi connectivity index (χ3n) is 3.26. The number of thiazole rings is 1. The Morgan fingerprint density at radius 1 is 1.35 bits per heavy atom. The average Bonchev–Trinajstić information content (AvgIpc) is 3.07. The number of fused-ring (bicyclic) bond motifs is 1. The van der Waals surface area contributed by atoms with Gasteiger partial charge in [-0.15, -0.1) is 10.2 Å². The highest BCUT2D eigenvalue weighted by Crippen LogP contribution is 2.26. The van der Waals surface area contributed by atoms with Crippen LogP contribution in [0.25, 0.3) is 10.2 Å². The molecule has 0 fully saturated rings. The highest BCUT2D eigenvalue weighted by Gasteiger charge is 2.14. The van der Waals surface area contributed by atoms with E-state index < -0.39 is 0 Å². The van der Waals surface area contributed by atoms with Crippen molar-refractivity contribution in [2.24, 2.45) is 7.05 Å². The Balaban J connectivity index is 1.61. The summed E-state index contributed by atoms with van der Waals surface area (Å²) in [6.07, 6.45) is 0. The zero-order valence-corrected chi connectivity index (χ0v) is 14.7. The number of para-hydroxylation sites is 1. The number of hydrogen-bond acceptors (Lipinski definition) is 6. The van der Waals surface area contributed by atoms with Crippen LogP contribution in [0.15, 0.2) is 29.4 Å². The Hall–Kier alpha value is -1.93. The lowest BCUT2D eigenvalue weighted by molar-refractivity contribution is -0.113. The van der Waals surface area contributed by atoms with E-state index in [-0.39, 0.29) is 11.7 Å². The van der Waals surface area contributed by atoms with Gasteiger partial charge in [0.2, 0.25) is 5.91 Å². The van der Waals surface area contributed by atoms with Crippen LogP contribution < -0.4 is 5.32 Å². The predicted octanol–water partition coefficient (Wildman–Crippen LogP) is 3.28. The first-order valence-corrected chi connectivity index (χ1v) is 9.02. The number of benzene rings is 1. The summed E-state index contributed by atoms with van der Waals surface area (Å²) in [7, 11) is 1.92. The number of hydrogen-bond donors (Lipinski definition) is 1. The molecule has 8 heteroatoms. The van der Waals surface area contributed by atoms with E-state index in [4.69, 9.17) is 0 Å². The molecule has 0 spiro atoms. The van der Waals surface area contributed by atoms with Crippen LogP contribution in [0.4, 0.5) is 5.13 Å². The molecule has 0 aliphatic heterocycles. The molecule has 0 saturated carbocycles. The maximum atomic E-state index is 12.1. The summed E-state index contributed by atoms with van der Waals surface area (Å²) >= 11 is 2.85. The van der Waals surface area contributed by atoms with Crippen molar-refractivity contribution < 1.29 is 4.79 Å². The summed E-state index contributed by atoms with van der Waals surface area (Å²) in [6, 6.07) is 7.82. The van der Waals surface area contributed by atoms with Crippen molar-refractivity contribution in [3.63, 3.8) is 0 Å². The summed E-state index contributed by atoms with van der Waals surface area (Å²) < 4.78 is 2.99. The van der Waals surface area contributed by atoms with Gasteiger partial charge in [0, 0.05) is 13.0 Å². The standard InChI is InChI=1S/C15H17N5OS2/c1-9(2)13-18-19-15(20(13)3)22-8-12(21)17-14-16-10-6-4-5-7-11(10)23-14/h4-7,9H,8H2,1-3H3,(H,16,17,21). The van der Waals surface area contributed by atoms with Crippen LogP contribution in [0.3, 0.4) is 0 Å². The molecule has 1 amide bonds. The topological polar surface area (TPSA) is 72.7 Å². The monoisotopic (exact) mass is 347 g/mol. The van der Waals surface area contributed by atoms with E-state index in [1.807, 2.05) is 35.9 Å². The van der Waals surface area contributed by atoms with Gasteiger partial charge in [0.05, 0.1) is 16.0 Å². The molecule has 2 heterocycles. The van der Waals surface area contributed by atoms with Gasteiger partial charge in [-0.3, -0.25) is 4.79 Å². The molecule has 3 rings (SSSR count). The number of carbonyl (C=O) groups excluding carboxylic acids is 1. The number of anilines is 1. The number of amides is 1. The summed E-state index contributed by atoms with van der Waals surface area (Å²) in [4.78, 5) is 16.5. The molecule has 3 aromatic rings. The molecule has 1 N–H and O–H groups in total. The Bertz CT molecular complexity index is 806. The zero-order chi connectivity index (χ0) is 16.4. The smallest absolute Gasteiger partial charge is 0.236 e. The Morgan fingerprint density at radius 3 is 2.83 bits per heavy atom. The lowest BCUT2D eigenvalue weighted by Gasteiger charge is -2.05. The first-order chi connectivity index (χ1) is 11.0. The molecule has 6 nitrogen and oxygen atoms in total. The lowest BCUT2D eigenvalue weighted by Crippen LogP contribution is -2.14. The molecule has 23 heavy (non-hydrogen) atoms. The molecule has 0 aliphatic rings. The van der Waals surface area contributed by atoms with Gasteiger partial charge < -0.3 is 9.88 Å². The van der Waals surface area contributed by atoms with Crippen molar-refractivity contribution >= 4 is 44.4 Å². The predicted molar refractivity (Wildman–Crippen MR) is 94.1 cm³/mol. The third-order valence-corrected chi connectivity index (χ3v) is 5.23. The van der Waals surface area contributed by atoms with Gasteiger partial charge in [0.1, 0.15) is 5.82 Å². The van der Waals surface area contributed by atoms with E-state index in [9.17, 15) is 4.79 Å².